The lowest BCUT2D eigenvalue weighted by atomic mass is 10.1. The van der Waals surface area contributed by atoms with Crippen molar-refractivity contribution in [2.45, 2.75) is 20.0 Å². The Balaban J connectivity index is 0.000000623. The second-order valence-corrected chi connectivity index (χ2v) is 8.43. The smallest absolute Gasteiger partial charge is 0.300 e. The third-order valence-corrected chi connectivity index (χ3v) is 5.86. The number of fused-ring (bicyclic) bond motifs is 3. The molecule has 5 N–H and O–H groups in total. The Morgan fingerprint density at radius 1 is 1.03 bits per heavy atom. The van der Waals surface area contributed by atoms with Crippen LogP contribution >= 0.6 is 0 Å². The molecule has 0 fully saturated rings. The van der Waals surface area contributed by atoms with E-state index in [1.54, 1.807) is 6.33 Å². The number of H-pyrrole nitrogens is 2. The monoisotopic (exact) mass is 480 g/mol. The van der Waals surface area contributed by atoms with Gasteiger partial charge in [0.05, 0.1) is 28.4 Å². The van der Waals surface area contributed by atoms with Gasteiger partial charge < -0.3 is 25.4 Å². The number of imidazole rings is 1. The average Bonchev–Trinajstić information content (AvgIpc) is 3.46. The first-order valence-electron chi connectivity index (χ1n) is 11.4. The molecular formula is C27H24N6O3. The van der Waals surface area contributed by atoms with E-state index >= 15 is 0 Å². The second-order valence-electron chi connectivity index (χ2n) is 8.43. The van der Waals surface area contributed by atoms with E-state index in [0.717, 1.165) is 45.6 Å². The van der Waals surface area contributed by atoms with Gasteiger partial charge in [-0.3, -0.25) is 9.59 Å². The fraction of sp³-hybridized carbons (Fsp3) is 0.111. The molecule has 0 unspecified atom stereocenters. The molecule has 0 saturated heterocycles. The lowest BCUT2D eigenvalue weighted by molar-refractivity contribution is -0.134. The summed E-state index contributed by atoms with van der Waals surface area (Å²) in [7, 11) is 0. The second kappa shape index (κ2) is 9.47. The molecule has 0 aliphatic rings. The standard InChI is InChI=1S/C25H20N6O.C2H4O2/c26-11-15-4-3-5-16(8-15)12-31-13-18(17-6-1-2-7-23(17)31)24-25(32)30-22-10-20-19(27-14-28-20)9-21(22)29-24;1-2(3)4/h1-10,13-14H,11-12,26H2,(H,27,28)(H,30,32);1H3,(H,3,4). The number of carboxylic acid groups (broad SMARTS) is 1. The van der Waals surface area contributed by atoms with Crippen molar-refractivity contribution < 1.29 is 9.90 Å². The van der Waals surface area contributed by atoms with Crippen LogP contribution in [-0.4, -0.2) is 35.6 Å². The van der Waals surface area contributed by atoms with Gasteiger partial charge in [-0.2, -0.15) is 0 Å². The van der Waals surface area contributed by atoms with Crippen LogP contribution < -0.4 is 11.3 Å². The Morgan fingerprint density at radius 2 is 1.78 bits per heavy atom. The fourth-order valence-corrected chi connectivity index (χ4v) is 4.32. The number of para-hydroxylation sites is 1. The van der Waals surface area contributed by atoms with Crippen LogP contribution in [-0.2, 0) is 17.9 Å². The van der Waals surface area contributed by atoms with Gasteiger partial charge in [0.15, 0.2) is 0 Å². The molecule has 6 aromatic rings. The van der Waals surface area contributed by atoms with Crippen LogP contribution in [0.4, 0.5) is 0 Å². The maximum absolute atomic E-state index is 13.0. The van der Waals surface area contributed by atoms with Crippen molar-refractivity contribution in [1.29, 1.82) is 0 Å². The number of carbonyl (C=O) groups is 1. The van der Waals surface area contributed by atoms with Gasteiger partial charge in [-0.05, 0) is 29.3 Å². The summed E-state index contributed by atoms with van der Waals surface area (Å²) in [5.74, 6) is -0.833. The molecule has 6 rings (SSSR count). The highest BCUT2D eigenvalue weighted by molar-refractivity contribution is 5.97. The number of nitrogens with two attached hydrogens (primary N) is 1. The van der Waals surface area contributed by atoms with Crippen LogP contribution in [0, 0.1) is 0 Å². The summed E-state index contributed by atoms with van der Waals surface area (Å²) >= 11 is 0. The molecule has 0 spiro atoms. The first-order chi connectivity index (χ1) is 17.4. The predicted octanol–water partition coefficient (Wildman–Crippen LogP) is 4.02. The minimum Gasteiger partial charge on any atom is -0.481 e. The Morgan fingerprint density at radius 3 is 2.58 bits per heavy atom. The number of hydrogen-bond donors (Lipinski definition) is 4. The van der Waals surface area contributed by atoms with E-state index < -0.39 is 5.97 Å². The molecule has 3 aromatic heterocycles. The topological polar surface area (TPSA) is 143 Å². The third kappa shape index (κ3) is 4.47. The van der Waals surface area contributed by atoms with E-state index in [9.17, 15) is 4.79 Å². The fourth-order valence-electron chi connectivity index (χ4n) is 4.32. The van der Waals surface area contributed by atoms with Crippen LogP contribution in [0.3, 0.4) is 0 Å². The van der Waals surface area contributed by atoms with Gasteiger partial charge >= 0.3 is 0 Å². The molecule has 9 nitrogen and oxygen atoms in total. The van der Waals surface area contributed by atoms with Crippen molar-refractivity contribution >= 4 is 38.9 Å². The number of nitrogens with zero attached hydrogens (tertiary/aromatic N) is 3. The third-order valence-electron chi connectivity index (χ3n) is 5.86. The molecule has 180 valence electrons. The highest BCUT2D eigenvalue weighted by Crippen LogP contribution is 2.29. The zero-order valence-electron chi connectivity index (χ0n) is 19.5. The zero-order chi connectivity index (χ0) is 25.2. The predicted molar refractivity (Wildman–Crippen MR) is 140 cm³/mol. The minimum atomic E-state index is -0.833. The van der Waals surface area contributed by atoms with E-state index in [1.807, 2.05) is 48.7 Å². The van der Waals surface area contributed by atoms with Gasteiger partial charge in [0, 0.05) is 42.7 Å². The Hall–Kier alpha value is -4.76. The first kappa shape index (κ1) is 23.0. The Labute approximate surface area is 205 Å². The highest BCUT2D eigenvalue weighted by atomic mass is 16.4. The van der Waals surface area contributed by atoms with Gasteiger partial charge in [0.25, 0.3) is 11.5 Å². The van der Waals surface area contributed by atoms with Crippen molar-refractivity contribution in [3.8, 4) is 11.3 Å². The molecular weight excluding hydrogens is 456 g/mol. The molecule has 3 aromatic carbocycles. The van der Waals surface area contributed by atoms with Crippen molar-refractivity contribution in [2.75, 3.05) is 0 Å². The number of aliphatic carboxylic acids is 1. The summed E-state index contributed by atoms with van der Waals surface area (Å²) in [5.41, 5.74) is 13.2. The van der Waals surface area contributed by atoms with Crippen molar-refractivity contribution in [2.24, 2.45) is 5.73 Å². The number of hydrogen-bond acceptors (Lipinski definition) is 5. The summed E-state index contributed by atoms with van der Waals surface area (Å²) in [6.45, 7) is 2.26. The number of aromatic amines is 2. The molecule has 0 aliphatic carbocycles. The largest absolute Gasteiger partial charge is 0.481 e. The number of aromatic nitrogens is 5. The van der Waals surface area contributed by atoms with E-state index in [2.05, 4.69) is 37.7 Å². The van der Waals surface area contributed by atoms with Crippen LogP contribution in [0.2, 0.25) is 0 Å². The van der Waals surface area contributed by atoms with E-state index in [4.69, 9.17) is 20.6 Å². The summed E-state index contributed by atoms with van der Waals surface area (Å²) in [5, 5.41) is 8.41. The number of nitrogens with one attached hydrogen (secondary N) is 2. The van der Waals surface area contributed by atoms with Gasteiger partial charge in [-0.15, -0.1) is 0 Å². The lowest BCUT2D eigenvalue weighted by Gasteiger charge is -2.07. The van der Waals surface area contributed by atoms with Crippen LogP contribution in [0.15, 0.2) is 78.0 Å². The highest BCUT2D eigenvalue weighted by Gasteiger charge is 2.16. The van der Waals surface area contributed by atoms with Gasteiger partial charge in [0.1, 0.15) is 5.69 Å². The van der Waals surface area contributed by atoms with Crippen LogP contribution in [0.5, 0.6) is 0 Å². The number of benzene rings is 3. The Bertz CT molecular complexity index is 1780. The Kier molecular flexibility index (Phi) is 6.05. The number of carboxylic acids is 1. The molecule has 0 atom stereocenters. The van der Waals surface area contributed by atoms with Crippen LogP contribution in [0.1, 0.15) is 18.1 Å². The maximum Gasteiger partial charge on any atom is 0.300 e. The lowest BCUT2D eigenvalue weighted by Crippen LogP contribution is -2.11. The summed E-state index contributed by atoms with van der Waals surface area (Å²) in [6.07, 6.45) is 3.65. The molecule has 0 saturated carbocycles. The zero-order valence-corrected chi connectivity index (χ0v) is 19.5. The van der Waals surface area contributed by atoms with Crippen LogP contribution in [0.25, 0.3) is 44.2 Å². The van der Waals surface area contributed by atoms with E-state index in [0.29, 0.717) is 29.8 Å². The van der Waals surface area contributed by atoms with Gasteiger partial charge in [-0.25, -0.2) is 9.97 Å². The molecule has 0 amide bonds. The summed E-state index contributed by atoms with van der Waals surface area (Å²) in [4.78, 5) is 37.1. The summed E-state index contributed by atoms with van der Waals surface area (Å²) in [6, 6.07) is 20.1. The molecule has 9 heteroatoms. The van der Waals surface area contributed by atoms with Crippen molar-refractivity contribution in [3.63, 3.8) is 0 Å². The molecule has 0 aliphatic heterocycles. The maximum atomic E-state index is 13.0. The minimum absolute atomic E-state index is 0.222. The SMILES string of the molecule is CC(=O)O.NCc1cccc(Cn2cc(-c3nc4cc5[nH]cnc5cc4[nH]c3=O)c3ccccc32)c1. The van der Waals surface area contributed by atoms with E-state index in [-0.39, 0.29) is 5.56 Å². The van der Waals surface area contributed by atoms with Gasteiger partial charge in [-0.1, -0.05) is 42.5 Å². The number of rotatable bonds is 4. The average molecular weight is 481 g/mol. The molecule has 0 radical (unpaired) electrons. The quantitative estimate of drug-likeness (QED) is 0.300. The van der Waals surface area contributed by atoms with Gasteiger partial charge in [0.2, 0.25) is 0 Å². The summed E-state index contributed by atoms with van der Waals surface area (Å²) < 4.78 is 2.16. The molecule has 36 heavy (non-hydrogen) atoms. The normalized spacial score (nSPS) is 11.1. The molecule has 3 heterocycles. The van der Waals surface area contributed by atoms with E-state index in [1.165, 1.54) is 0 Å². The van der Waals surface area contributed by atoms with Crippen molar-refractivity contribution in [3.05, 3.63) is 94.7 Å². The first-order valence-corrected chi connectivity index (χ1v) is 11.4. The molecule has 0 bridgehead atoms. The van der Waals surface area contributed by atoms with Crippen molar-refractivity contribution in [1.82, 2.24) is 24.5 Å².